The van der Waals surface area contributed by atoms with E-state index in [4.69, 9.17) is 52.0 Å². The number of primary sulfonamides is 1. The van der Waals surface area contributed by atoms with Gasteiger partial charge in [-0.25, -0.2) is 51.4 Å². The van der Waals surface area contributed by atoms with Crippen LogP contribution in [0, 0.1) is 42.9 Å². The van der Waals surface area contributed by atoms with Crippen molar-refractivity contribution in [3.8, 4) is 29.0 Å². The summed E-state index contributed by atoms with van der Waals surface area (Å²) in [5, 5.41) is 41.2. The van der Waals surface area contributed by atoms with E-state index in [2.05, 4.69) is 136 Å². The average molecular weight is 2110 g/mol. The molecule has 146 heavy (non-hydrogen) atoms. The van der Waals surface area contributed by atoms with Crippen molar-refractivity contribution in [2.45, 2.75) is 135 Å². The van der Waals surface area contributed by atoms with E-state index in [1.54, 1.807) is 55.2 Å². The molecule has 5 aromatic heterocycles. The molecule has 0 radical (unpaired) electrons. The van der Waals surface area contributed by atoms with Crippen LogP contribution in [0.15, 0.2) is 226 Å². The fourth-order valence-corrected chi connectivity index (χ4v) is 19.8. The second-order valence-electron chi connectivity index (χ2n) is 38.5. The first-order valence-electron chi connectivity index (χ1n) is 48.4. The summed E-state index contributed by atoms with van der Waals surface area (Å²) >= 11 is 12.4. The molecule has 4 fully saturated rings. The normalized spacial score (nSPS) is 16.0. The molecule has 9 heterocycles. The first kappa shape index (κ1) is 116. The highest BCUT2D eigenvalue weighted by Gasteiger charge is 2.35. The number of pyridine rings is 3. The number of ether oxygens (including phenoxy) is 5. The average Bonchev–Trinajstić information content (AvgIpc) is 1.22. The van der Waals surface area contributed by atoms with Gasteiger partial charge in [0.25, 0.3) is 21.6 Å². The molecule has 4 aliphatic heterocycles. The molecule has 11 aromatic rings. The summed E-state index contributed by atoms with van der Waals surface area (Å²) in [6, 6.07) is 47.9. The van der Waals surface area contributed by atoms with E-state index in [1.165, 1.54) is 75.9 Å². The lowest BCUT2D eigenvalue weighted by atomic mass is 9.72. The number of carbonyl (C=O) groups excluding carboxylic acids is 1. The molecule has 39 heteroatoms. The maximum Gasteiger partial charge on any atom is 0.339 e. The molecule has 0 unspecified atom stereocenters. The number of halogens is 4. The van der Waals surface area contributed by atoms with Crippen molar-refractivity contribution >= 4 is 135 Å². The van der Waals surface area contributed by atoms with Gasteiger partial charge in [0.05, 0.1) is 67.8 Å². The number of aryl methyl sites for hydroxylation is 1. The highest BCUT2D eigenvalue weighted by Crippen LogP contribution is 2.47. The largest absolute Gasteiger partial charge is 0.487 e. The van der Waals surface area contributed by atoms with E-state index in [0.29, 0.717) is 48.2 Å². The number of piperazine rings is 2. The van der Waals surface area contributed by atoms with Gasteiger partial charge in [-0.1, -0.05) is 99.8 Å². The van der Waals surface area contributed by atoms with Crippen molar-refractivity contribution in [3.63, 3.8) is 0 Å². The molecule has 33 nitrogen and oxygen atoms in total. The lowest BCUT2D eigenvalue weighted by molar-refractivity contribution is -0.386. The fourth-order valence-electron chi connectivity index (χ4n) is 18.0. The number of carboxylic acids is 1. The number of benzene rings is 6. The van der Waals surface area contributed by atoms with Crippen LogP contribution in [0.4, 0.5) is 33.1 Å². The number of hydrogen-bond donors (Lipinski definition) is 5. The predicted octanol–water partition coefficient (Wildman–Crippen LogP) is 21.5. The van der Waals surface area contributed by atoms with E-state index in [-0.39, 0.29) is 83.0 Å². The van der Waals surface area contributed by atoms with Gasteiger partial charge in [0.2, 0.25) is 21.8 Å². The summed E-state index contributed by atoms with van der Waals surface area (Å²) < 4.78 is 80.6. The van der Waals surface area contributed by atoms with Gasteiger partial charge in [-0.2, -0.15) is 0 Å². The van der Waals surface area contributed by atoms with Crippen LogP contribution >= 0.6 is 35.6 Å². The Kier molecular flexibility index (Phi) is 43.1. The van der Waals surface area contributed by atoms with Gasteiger partial charge in [-0.3, -0.25) is 44.5 Å². The van der Waals surface area contributed by atoms with Gasteiger partial charge in [-0.15, -0.1) is 12.4 Å². The van der Waals surface area contributed by atoms with Gasteiger partial charge in [-0.05, 0) is 247 Å². The molecule has 17 rings (SSSR count). The van der Waals surface area contributed by atoms with Gasteiger partial charge >= 0.3 is 11.7 Å². The third-order valence-electron chi connectivity index (χ3n) is 26.3. The minimum absolute atomic E-state index is 0. The van der Waals surface area contributed by atoms with E-state index in [9.17, 15) is 51.8 Å². The maximum absolute atomic E-state index is 13.9. The SMILES string of the molecule is C.CC1(C)CCC(CN2CCN(c3ccc(C(=O)NS(=O)(=O)c4ccc(OCC5CCOCC5)c([N+](=O)[O-])c4)c(Oc4cc5cc[nH]c5cn4)c3)CC2)=C(c2ccc(Cl)cc2)C1.CC1(C)CCC(CN2CCN(c3ccc(C(=O)O)c(Oc4cc5cc[nH]c5cn4)c3)CC2)=C(c2ccc(Cl)cc2)C1.CCN=C=NCCCN(C)C.CN(C)c1ccncc1.Cl.F.NS(=O)(=O)c1ccc(CCC2CCOCC2)c([N+](=O)[O-])c1.[HH]. The van der Waals surface area contributed by atoms with Crippen LogP contribution < -0.4 is 38.8 Å². The highest BCUT2D eigenvalue weighted by atomic mass is 35.5. The molecule has 6 N–H and O–H groups in total. The number of rotatable bonds is 31. The van der Waals surface area contributed by atoms with Crippen molar-refractivity contribution < 1.29 is 71.2 Å². The standard InChI is InChI=1S/C45H49ClN6O8S.C33H35ClN4O3.C13H18N2O5S.C8H17N3.C7H10N2.CH4.ClH.FH.H2/c1-45(2)15-11-33(38(26-45)31-3-5-34(46)6-4-31)28-50-17-19-51(20-18-50)35-7-9-37(42(24-35)60-43-23-32-12-16-47-39(32)27-48-43)44(53)49-61(56,57)36-8-10-41(40(25-36)52(54)55)59-29-30-13-21-58-22-14-30;1-33(2)11-9-24(28(19-33)22-3-5-25(34)6-4-22)21-37-13-15-38(16-14-37)26-7-8-27(32(39)40)30(18-26)41-31-17-23-10-12-35-29(23)20-36-31;14-21(18,19)12-4-3-11(13(9-12)15(16)17)2-1-10-5-7-20-8-6-10;1-4-9-8-10-6-5-7-11(2)3;1-9(2)7-3-5-8-6-4-7;;;;/h3-10,12,16,23-25,27,30,47H,11,13-15,17-22,26,28-29H2,1-2H3,(H,49,53);3-8,10,12,17-18,20,35H,9,11,13-16,19,21H2,1-2H3,(H,39,40);3-4,9-10H,1-2,5-8H2,(H2,14,18,19);4-7H2,1-3H3;3-6H,1-2H3;1H4;3*1H. The van der Waals surface area contributed by atoms with E-state index in [1.807, 2.05) is 98.8 Å². The van der Waals surface area contributed by atoms with Crippen molar-refractivity contribution in [2.75, 3.05) is 161 Å². The Hall–Kier alpha value is -12.3. The highest BCUT2D eigenvalue weighted by molar-refractivity contribution is 7.90. The Morgan fingerprint density at radius 2 is 1.10 bits per heavy atom. The summed E-state index contributed by atoms with van der Waals surface area (Å²) in [6.07, 6.45) is 23.0. The topological polar surface area (TPSA) is 408 Å². The maximum atomic E-state index is 13.9. The van der Waals surface area contributed by atoms with Crippen LogP contribution in [0.25, 0.3) is 33.0 Å². The number of nitrogens with one attached hydrogen (secondary N) is 3. The Bertz CT molecular complexity index is 6590. The summed E-state index contributed by atoms with van der Waals surface area (Å²) in [5.41, 5.74) is 13.4. The van der Waals surface area contributed by atoms with Crippen molar-refractivity contribution in [1.29, 1.82) is 0 Å². The number of aromatic nitrogens is 5. The van der Waals surface area contributed by atoms with Gasteiger partial charge in [0.15, 0.2) is 5.75 Å². The minimum atomic E-state index is -4.58. The van der Waals surface area contributed by atoms with Crippen molar-refractivity contribution in [2.24, 2.45) is 37.8 Å². The number of nitro benzene ring substituents is 2. The quantitative estimate of drug-likeness (QED) is 0.0117. The number of aliphatic imine (C=N–C) groups is 2. The van der Waals surface area contributed by atoms with E-state index in [0.717, 1.165) is 224 Å². The number of nitrogens with two attached hydrogens (primary N) is 1. The molecule has 0 spiro atoms. The smallest absolute Gasteiger partial charge is 0.339 e. The summed E-state index contributed by atoms with van der Waals surface area (Å²) in [4.78, 5) is 87.4. The van der Waals surface area contributed by atoms with Crippen LogP contribution in [-0.2, 0) is 35.9 Å². The van der Waals surface area contributed by atoms with Crippen LogP contribution in [0.2, 0.25) is 10.0 Å². The summed E-state index contributed by atoms with van der Waals surface area (Å²) in [5.74, 6) is -0.440. The summed E-state index contributed by atoms with van der Waals surface area (Å²) in [7, 11) is -0.378. The number of hydrogen-bond acceptors (Lipinski definition) is 26. The third kappa shape index (κ3) is 33.6. The molecule has 1 amide bonds. The van der Waals surface area contributed by atoms with E-state index >= 15 is 0 Å². The molecular formula is C107H137Cl3FN17O16S2. The van der Waals surface area contributed by atoms with Crippen LogP contribution in [0.3, 0.4) is 0 Å². The molecule has 6 aromatic carbocycles. The molecular weight excluding hydrogens is 1970 g/mol. The Morgan fingerprint density at radius 3 is 1.57 bits per heavy atom. The zero-order chi connectivity index (χ0) is 102. The number of amides is 1. The van der Waals surface area contributed by atoms with Crippen molar-refractivity contribution in [1.82, 2.24) is 44.3 Å². The number of nitrogens with zero attached hydrogens (tertiary/aromatic N) is 13. The first-order valence-corrected chi connectivity index (χ1v) is 52.1. The number of carbonyl (C=O) groups is 2. The molecule has 6 aliphatic rings. The number of H-pyrrole nitrogens is 2. The van der Waals surface area contributed by atoms with Gasteiger partial charge in [0, 0.05) is 219 Å². The third-order valence-corrected chi connectivity index (χ3v) is 29.0. The molecule has 0 bridgehead atoms. The number of nitro groups is 2. The fraction of sp³-hybridized carbons (Fsp3) is 0.421. The van der Waals surface area contributed by atoms with E-state index < -0.39 is 52.4 Å². The van der Waals surface area contributed by atoms with Crippen LogP contribution in [0.5, 0.6) is 29.0 Å². The zero-order valence-corrected chi connectivity index (χ0v) is 87.4. The summed E-state index contributed by atoms with van der Waals surface area (Å²) in [6.45, 7) is 25.4. The number of aromatic carboxylic acids is 1. The van der Waals surface area contributed by atoms with Gasteiger partial charge in [0.1, 0.15) is 17.1 Å². The first-order chi connectivity index (χ1) is 68.5. The Morgan fingerprint density at radius 1 is 0.623 bits per heavy atom. The number of carboxylic acid groups (broad SMARTS) is 1. The molecule has 2 aliphatic carbocycles. The second-order valence-corrected chi connectivity index (χ2v) is 42.6. The Balaban J connectivity index is 0.000000238. The number of fused-ring (bicyclic) bond motifs is 2. The predicted molar refractivity (Wildman–Crippen MR) is 580 cm³/mol. The molecule has 0 saturated carbocycles. The minimum Gasteiger partial charge on any atom is -0.487 e. The molecule has 786 valence electrons. The lowest BCUT2D eigenvalue weighted by Crippen LogP contribution is -2.47. The second kappa shape index (κ2) is 54.4. The number of anilines is 3. The van der Waals surface area contributed by atoms with Crippen LogP contribution in [0.1, 0.15) is 158 Å². The monoisotopic (exact) mass is 2100 g/mol. The van der Waals surface area contributed by atoms with Crippen molar-refractivity contribution in [3.05, 3.63) is 264 Å². The molecule has 4 saturated heterocycles. The van der Waals surface area contributed by atoms with Crippen LogP contribution in [-0.4, -0.2) is 236 Å². The number of allylic oxidation sites excluding steroid dienone is 2. The van der Waals surface area contributed by atoms with Gasteiger partial charge < -0.3 is 58.4 Å². The number of sulfonamides is 2. The Labute approximate surface area is 872 Å². The number of aromatic amines is 2. The zero-order valence-electron chi connectivity index (χ0n) is 83.4. The molecule has 0 atom stereocenters. The lowest BCUT2D eigenvalue weighted by Gasteiger charge is -2.39.